The lowest BCUT2D eigenvalue weighted by molar-refractivity contribution is -0.145. The molecule has 1 atom stereocenters. The van der Waals surface area contributed by atoms with E-state index in [1.807, 2.05) is 6.92 Å². The topological polar surface area (TPSA) is 39.2 Å². The Kier molecular flexibility index (Phi) is 2.59. The molecule has 0 radical (unpaired) electrons. The van der Waals surface area contributed by atoms with E-state index in [9.17, 15) is 4.79 Å². The molecule has 0 aliphatic heterocycles. The smallest absolute Gasteiger partial charge is 0.303 e. The third kappa shape index (κ3) is 2.31. The first-order chi connectivity index (χ1) is 5.20. The van der Waals surface area contributed by atoms with Crippen LogP contribution in [0, 0.1) is 0 Å². The maximum absolute atomic E-state index is 10.5. The highest BCUT2D eigenvalue weighted by molar-refractivity contribution is 7.09. The molecule has 0 aliphatic carbocycles. The molecular weight excluding hydrogens is 162 g/mol. The summed E-state index contributed by atoms with van der Waals surface area (Å²) in [6, 6.07) is 0. The molecule has 1 rings (SSSR count). The van der Waals surface area contributed by atoms with Gasteiger partial charge in [-0.2, -0.15) is 0 Å². The predicted molar refractivity (Wildman–Crippen MR) is 42.3 cm³/mol. The number of ether oxygens (including phenoxy) is 1. The van der Waals surface area contributed by atoms with Crippen molar-refractivity contribution in [3.63, 3.8) is 0 Å². The fourth-order valence-corrected chi connectivity index (χ4v) is 1.34. The van der Waals surface area contributed by atoms with Gasteiger partial charge in [-0.3, -0.25) is 9.78 Å². The third-order valence-electron chi connectivity index (χ3n) is 1.19. The van der Waals surface area contributed by atoms with Gasteiger partial charge >= 0.3 is 5.97 Å². The zero-order valence-electron chi connectivity index (χ0n) is 6.40. The zero-order chi connectivity index (χ0) is 8.27. The second kappa shape index (κ2) is 3.48. The molecule has 0 aromatic carbocycles. The molecule has 4 heteroatoms. The molecule has 0 saturated carbocycles. The Bertz CT molecular complexity index is 233. The van der Waals surface area contributed by atoms with E-state index in [-0.39, 0.29) is 12.1 Å². The van der Waals surface area contributed by atoms with E-state index in [2.05, 4.69) is 4.98 Å². The molecule has 0 spiro atoms. The number of thiazole rings is 1. The highest BCUT2D eigenvalue weighted by Gasteiger charge is 2.08. The highest BCUT2D eigenvalue weighted by atomic mass is 32.1. The summed E-state index contributed by atoms with van der Waals surface area (Å²) in [4.78, 5) is 15.4. The van der Waals surface area contributed by atoms with Crippen LogP contribution in [0.25, 0.3) is 0 Å². The monoisotopic (exact) mass is 171 g/mol. The average Bonchev–Trinajstić information content (AvgIpc) is 2.35. The fourth-order valence-electron chi connectivity index (χ4n) is 0.733. The van der Waals surface area contributed by atoms with Crippen LogP contribution in [0.4, 0.5) is 0 Å². The number of hydrogen-bond acceptors (Lipinski definition) is 4. The summed E-state index contributed by atoms with van der Waals surface area (Å²) in [5.74, 6) is -0.258. The quantitative estimate of drug-likeness (QED) is 0.636. The molecule has 0 fully saturated rings. The molecule has 0 aliphatic rings. The van der Waals surface area contributed by atoms with Gasteiger partial charge < -0.3 is 4.74 Å². The van der Waals surface area contributed by atoms with E-state index in [0.717, 1.165) is 4.88 Å². The first kappa shape index (κ1) is 8.20. The maximum atomic E-state index is 10.5. The fraction of sp³-hybridized carbons (Fsp3) is 0.429. The van der Waals surface area contributed by atoms with Crippen LogP contribution >= 0.6 is 11.3 Å². The average molecular weight is 171 g/mol. The number of aromatic nitrogens is 1. The number of carbonyl (C=O) groups excluding carboxylic acids is 1. The molecular formula is C7H9NO2S. The molecule has 0 unspecified atom stereocenters. The molecule has 0 amide bonds. The largest absolute Gasteiger partial charge is 0.457 e. The van der Waals surface area contributed by atoms with Gasteiger partial charge in [0.25, 0.3) is 0 Å². The number of nitrogens with zero attached hydrogens (tertiary/aromatic N) is 1. The maximum Gasteiger partial charge on any atom is 0.303 e. The minimum absolute atomic E-state index is 0.167. The summed E-state index contributed by atoms with van der Waals surface area (Å²) in [6.45, 7) is 3.23. The Morgan fingerprint density at radius 3 is 3.00 bits per heavy atom. The van der Waals surface area contributed by atoms with E-state index in [1.54, 1.807) is 11.7 Å². The number of esters is 1. The summed E-state index contributed by atoms with van der Waals surface area (Å²) in [5, 5.41) is 0. The van der Waals surface area contributed by atoms with Crippen LogP contribution in [0.15, 0.2) is 11.7 Å². The molecule has 1 aromatic rings. The summed E-state index contributed by atoms with van der Waals surface area (Å²) in [7, 11) is 0. The highest BCUT2D eigenvalue weighted by Crippen LogP contribution is 2.19. The summed E-state index contributed by atoms with van der Waals surface area (Å²) < 4.78 is 4.93. The van der Waals surface area contributed by atoms with Gasteiger partial charge in [0.1, 0.15) is 6.10 Å². The SMILES string of the molecule is CC(=O)O[C@H](C)c1cncs1. The first-order valence-corrected chi connectivity index (χ1v) is 4.13. The van der Waals surface area contributed by atoms with Crippen LogP contribution < -0.4 is 0 Å². The first-order valence-electron chi connectivity index (χ1n) is 3.25. The zero-order valence-corrected chi connectivity index (χ0v) is 7.22. The lowest BCUT2D eigenvalue weighted by Crippen LogP contribution is -2.02. The number of carbonyl (C=O) groups is 1. The molecule has 1 heterocycles. The van der Waals surface area contributed by atoms with Crippen LogP contribution in [-0.2, 0) is 9.53 Å². The van der Waals surface area contributed by atoms with E-state index in [1.165, 1.54) is 18.3 Å². The predicted octanol–water partition coefficient (Wildman–Crippen LogP) is 1.77. The molecule has 60 valence electrons. The van der Waals surface area contributed by atoms with Gasteiger partial charge in [-0.15, -0.1) is 11.3 Å². The van der Waals surface area contributed by atoms with Crippen molar-refractivity contribution < 1.29 is 9.53 Å². The van der Waals surface area contributed by atoms with E-state index >= 15 is 0 Å². The van der Waals surface area contributed by atoms with Gasteiger partial charge in [0.15, 0.2) is 0 Å². The van der Waals surface area contributed by atoms with E-state index in [4.69, 9.17) is 4.74 Å². The Morgan fingerprint density at radius 2 is 2.55 bits per heavy atom. The van der Waals surface area contributed by atoms with Crippen molar-refractivity contribution in [2.45, 2.75) is 20.0 Å². The Labute approximate surface area is 69.0 Å². The molecule has 3 nitrogen and oxygen atoms in total. The van der Waals surface area contributed by atoms with E-state index < -0.39 is 0 Å². The molecule has 11 heavy (non-hydrogen) atoms. The van der Waals surface area contributed by atoms with Crippen molar-refractivity contribution in [3.8, 4) is 0 Å². The van der Waals surface area contributed by atoms with Crippen molar-refractivity contribution in [1.29, 1.82) is 0 Å². The van der Waals surface area contributed by atoms with Crippen molar-refractivity contribution in [2.24, 2.45) is 0 Å². The normalized spacial score (nSPS) is 12.5. The molecule has 0 bridgehead atoms. The van der Waals surface area contributed by atoms with Crippen molar-refractivity contribution in [3.05, 3.63) is 16.6 Å². The van der Waals surface area contributed by atoms with Gasteiger partial charge in [-0.25, -0.2) is 0 Å². The standard InChI is InChI=1S/C7H9NO2S/c1-5(10-6(2)9)7-3-8-4-11-7/h3-5H,1-2H3/t5-/m1/s1. The van der Waals surface area contributed by atoms with Crippen LogP contribution in [-0.4, -0.2) is 11.0 Å². The minimum Gasteiger partial charge on any atom is -0.457 e. The van der Waals surface area contributed by atoms with Gasteiger partial charge in [0.05, 0.1) is 10.4 Å². The summed E-state index contributed by atoms with van der Waals surface area (Å²) >= 11 is 1.48. The summed E-state index contributed by atoms with van der Waals surface area (Å²) in [6.07, 6.45) is 1.54. The molecule has 1 aromatic heterocycles. The van der Waals surface area contributed by atoms with Gasteiger partial charge in [-0.05, 0) is 6.92 Å². The lowest BCUT2D eigenvalue weighted by Gasteiger charge is -2.07. The van der Waals surface area contributed by atoms with Crippen molar-refractivity contribution in [1.82, 2.24) is 4.98 Å². The second-order valence-electron chi connectivity index (χ2n) is 2.16. The van der Waals surface area contributed by atoms with Gasteiger partial charge in [0.2, 0.25) is 0 Å². The van der Waals surface area contributed by atoms with Gasteiger partial charge in [0, 0.05) is 13.1 Å². The van der Waals surface area contributed by atoms with Crippen LogP contribution in [0.1, 0.15) is 24.8 Å². The second-order valence-corrected chi connectivity index (χ2v) is 3.07. The summed E-state index contributed by atoms with van der Waals surface area (Å²) in [5.41, 5.74) is 1.72. The molecule has 0 saturated heterocycles. The minimum atomic E-state index is -0.258. The Morgan fingerprint density at radius 1 is 1.82 bits per heavy atom. The van der Waals surface area contributed by atoms with Crippen LogP contribution in [0.2, 0.25) is 0 Å². The van der Waals surface area contributed by atoms with Crippen molar-refractivity contribution in [2.75, 3.05) is 0 Å². The van der Waals surface area contributed by atoms with Crippen molar-refractivity contribution >= 4 is 17.3 Å². The van der Waals surface area contributed by atoms with Crippen LogP contribution in [0.3, 0.4) is 0 Å². The number of rotatable bonds is 2. The molecule has 0 N–H and O–H groups in total. The Hall–Kier alpha value is -0.900. The third-order valence-corrected chi connectivity index (χ3v) is 2.13. The number of hydrogen-bond donors (Lipinski definition) is 0. The lowest BCUT2D eigenvalue weighted by atomic mass is 10.3. The van der Waals surface area contributed by atoms with Crippen LogP contribution in [0.5, 0.6) is 0 Å². The van der Waals surface area contributed by atoms with Gasteiger partial charge in [-0.1, -0.05) is 0 Å². The van der Waals surface area contributed by atoms with E-state index in [0.29, 0.717) is 0 Å². The Balaban J connectivity index is 2.56.